The summed E-state index contributed by atoms with van der Waals surface area (Å²) in [5.41, 5.74) is 8.44. The van der Waals surface area contributed by atoms with Gasteiger partial charge in [-0.2, -0.15) is 5.10 Å². The summed E-state index contributed by atoms with van der Waals surface area (Å²) in [6.45, 7) is 3.78. The van der Waals surface area contributed by atoms with Crippen molar-refractivity contribution in [3.05, 3.63) is 11.3 Å². The molecule has 0 amide bonds. The number of hydrogen-bond acceptors (Lipinski definition) is 3. The van der Waals surface area contributed by atoms with E-state index in [0.717, 1.165) is 24.6 Å². The third-order valence-electron chi connectivity index (χ3n) is 3.72. The number of nitrogen functional groups attached to an aromatic ring is 1. The first-order valence-corrected chi connectivity index (χ1v) is 5.02. The summed E-state index contributed by atoms with van der Waals surface area (Å²) in [6.07, 6.45) is 1.23. The fourth-order valence-electron chi connectivity index (χ4n) is 2.63. The third kappa shape index (κ3) is 0.798. The number of aromatic nitrogens is 2. The van der Waals surface area contributed by atoms with Gasteiger partial charge < -0.3 is 10.5 Å². The van der Waals surface area contributed by atoms with E-state index >= 15 is 0 Å². The van der Waals surface area contributed by atoms with Crippen molar-refractivity contribution in [3.63, 3.8) is 0 Å². The molecule has 1 saturated carbocycles. The van der Waals surface area contributed by atoms with E-state index in [2.05, 4.69) is 12.0 Å². The van der Waals surface area contributed by atoms with Crippen molar-refractivity contribution < 1.29 is 4.74 Å². The molecule has 2 unspecified atom stereocenters. The van der Waals surface area contributed by atoms with Crippen molar-refractivity contribution in [2.24, 2.45) is 13.0 Å². The number of nitrogens with zero attached hydrogens (tertiary/aromatic N) is 2. The maximum Gasteiger partial charge on any atom is 0.124 e. The van der Waals surface area contributed by atoms with Gasteiger partial charge in [-0.05, 0) is 19.3 Å². The Labute approximate surface area is 83.0 Å². The van der Waals surface area contributed by atoms with Gasteiger partial charge in [0, 0.05) is 18.0 Å². The average Bonchev–Trinajstić information content (AvgIpc) is 2.64. The van der Waals surface area contributed by atoms with Crippen LogP contribution in [0, 0.1) is 12.8 Å². The van der Waals surface area contributed by atoms with E-state index in [1.807, 2.05) is 7.05 Å². The van der Waals surface area contributed by atoms with E-state index in [4.69, 9.17) is 10.5 Å². The van der Waals surface area contributed by atoms with Crippen LogP contribution in [-0.2, 0) is 17.2 Å². The number of ether oxygens (including phenoxy) is 1. The van der Waals surface area contributed by atoms with Gasteiger partial charge in [0.05, 0.1) is 18.9 Å². The first-order valence-electron chi connectivity index (χ1n) is 5.02. The van der Waals surface area contributed by atoms with E-state index in [-0.39, 0.29) is 5.41 Å². The van der Waals surface area contributed by atoms with Gasteiger partial charge in [0.2, 0.25) is 0 Å². The molecule has 76 valence electrons. The number of rotatable bonds is 1. The highest BCUT2D eigenvalue weighted by Gasteiger charge is 2.61. The second-order valence-corrected chi connectivity index (χ2v) is 4.55. The first-order chi connectivity index (χ1) is 6.65. The van der Waals surface area contributed by atoms with Crippen LogP contribution in [0.3, 0.4) is 0 Å². The lowest BCUT2D eigenvalue weighted by Gasteiger charge is -2.07. The number of fused-ring (bicyclic) bond motifs is 1. The van der Waals surface area contributed by atoms with E-state index < -0.39 is 0 Å². The molecular weight excluding hydrogens is 178 g/mol. The molecular formula is C10H15N3O. The highest BCUT2D eigenvalue weighted by atomic mass is 16.5. The molecule has 3 rings (SSSR count). The number of nitrogens with two attached hydrogens (primary N) is 1. The standard InChI is InChI=1S/C10H15N3O/c1-6-8(12-13(2)9(6)11)10-3-7(10)4-14-5-10/h7H,3-5,11H2,1-2H3. The lowest BCUT2D eigenvalue weighted by atomic mass is 9.99. The monoisotopic (exact) mass is 193 g/mol. The second kappa shape index (κ2) is 2.31. The van der Waals surface area contributed by atoms with Gasteiger partial charge >= 0.3 is 0 Å². The van der Waals surface area contributed by atoms with Gasteiger partial charge in [0.25, 0.3) is 0 Å². The highest BCUT2D eigenvalue weighted by molar-refractivity contribution is 5.48. The minimum atomic E-state index is 0.222. The van der Waals surface area contributed by atoms with E-state index in [1.165, 1.54) is 12.1 Å². The van der Waals surface area contributed by atoms with Crippen LogP contribution in [0.2, 0.25) is 0 Å². The van der Waals surface area contributed by atoms with Crippen molar-refractivity contribution >= 4 is 5.82 Å². The van der Waals surface area contributed by atoms with Crippen LogP contribution >= 0.6 is 0 Å². The Bertz CT molecular complexity index is 398. The van der Waals surface area contributed by atoms with Gasteiger partial charge in [-0.15, -0.1) is 0 Å². The molecule has 4 nitrogen and oxygen atoms in total. The smallest absolute Gasteiger partial charge is 0.124 e. The summed E-state index contributed by atoms with van der Waals surface area (Å²) in [6, 6.07) is 0. The molecule has 1 aliphatic carbocycles. The fraction of sp³-hybridized carbons (Fsp3) is 0.700. The number of aryl methyl sites for hydroxylation is 1. The van der Waals surface area contributed by atoms with E-state index in [1.54, 1.807) is 4.68 Å². The molecule has 1 saturated heterocycles. The molecule has 1 aromatic heterocycles. The normalized spacial score (nSPS) is 34.6. The van der Waals surface area contributed by atoms with Crippen molar-refractivity contribution in [1.29, 1.82) is 0 Å². The molecule has 0 aromatic carbocycles. The zero-order chi connectivity index (χ0) is 9.92. The van der Waals surface area contributed by atoms with Crippen molar-refractivity contribution in [1.82, 2.24) is 9.78 Å². The zero-order valence-corrected chi connectivity index (χ0v) is 8.58. The summed E-state index contributed by atoms with van der Waals surface area (Å²) < 4.78 is 7.25. The van der Waals surface area contributed by atoms with Crippen LogP contribution in [0.25, 0.3) is 0 Å². The molecule has 0 radical (unpaired) electrons. The van der Waals surface area contributed by atoms with Crippen molar-refractivity contribution in [2.45, 2.75) is 18.8 Å². The summed E-state index contributed by atoms with van der Waals surface area (Å²) in [7, 11) is 1.90. The Morgan fingerprint density at radius 3 is 2.86 bits per heavy atom. The molecule has 2 heterocycles. The fourth-order valence-corrected chi connectivity index (χ4v) is 2.63. The quantitative estimate of drug-likeness (QED) is 0.710. The Hall–Kier alpha value is -1.03. The first kappa shape index (κ1) is 8.29. The molecule has 2 fully saturated rings. The van der Waals surface area contributed by atoms with Crippen LogP contribution in [0.4, 0.5) is 5.82 Å². The van der Waals surface area contributed by atoms with E-state index in [9.17, 15) is 0 Å². The summed E-state index contributed by atoms with van der Waals surface area (Å²) in [5.74, 6) is 1.47. The molecule has 4 heteroatoms. The molecule has 0 spiro atoms. The van der Waals surface area contributed by atoms with Gasteiger partial charge in [0.15, 0.2) is 0 Å². The largest absolute Gasteiger partial charge is 0.384 e. The SMILES string of the molecule is Cc1c(C23COCC2C3)nn(C)c1N. The minimum Gasteiger partial charge on any atom is -0.384 e. The second-order valence-electron chi connectivity index (χ2n) is 4.55. The topological polar surface area (TPSA) is 53.1 Å². The molecule has 0 bridgehead atoms. The molecule has 2 atom stereocenters. The third-order valence-corrected chi connectivity index (χ3v) is 3.72. The minimum absolute atomic E-state index is 0.222. The van der Waals surface area contributed by atoms with Crippen LogP contribution in [0.5, 0.6) is 0 Å². The van der Waals surface area contributed by atoms with Gasteiger partial charge in [-0.3, -0.25) is 4.68 Å². The Kier molecular flexibility index (Phi) is 1.37. The van der Waals surface area contributed by atoms with Crippen LogP contribution < -0.4 is 5.73 Å². The van der Waals surface area contributed by atoms with Gasteiger partial charge in [-0.25, -0.2) is 0 Å². The lowest BCUT2D eigenvalue weighted by molar-refractivity contribution is 0.159. The van der Waals surface area contributed by atoms with Crippen molar-refractivity contribution in [3.8, 4) is 0 Å². The summed E-state index contributed by atoms with van der Waals surface area (Å²) in [5, 5.41) is 4.52. The van der Waals surface area contributed by atoms with Crippen LogP contribution in [0.1, 0.15) is 17.7 Å². The average molecular weight is 193 g/mol. The molecule has 1 aliphatic heterocycles. The molecule has 2 N–H and O–H groups in total. The van der Waals surface area contributed by atoms with E-state index in [0.29, 0.717) is 5.92 Å². The number of hydrogen-bond donors (Lipinski definition) is 1. The van der Waals surface area contributed by atoms with Crippen molar-refractivity contribution in [2.75, 3.05) is 18.9 Å². The van der Waals surface area contributed by atoms with Gasteiger partial charge in [-0.1, -0.05) is 0 Å². The highest BCUT2D eigenvalue weighted by Crippen LogP contribution is 2.58. The zero-order valence-electron chi connectivity index (χ0n) is 8.58. The van der Waals surface area contributed by atoms with Crippen LogP contribution in [0.15, 0.2) is 0 Å². The maximum absolute atomic E-state index is 5.91. The summed E-state index contributed by atoms with van der Waals surface area (Å²) >= 11 is 0. The predicted molar refractivity (Wildman–Crippen MR) is 53.0 cm³/mol. The lowest BCUT2D eigenvalue weighted by Crippen LogP contribution is -2.13. The van der Waals surface area contributed by atoms with Gasteiger partial charge in [0.1, 0.15) is 5.82 Å². The molecule has 2 aliphatic rings. The number of anilines is 1. The summed E-state index contributed by atoms with van der Waals surface area (Å²) in [4.78, 5) is 0. The Morgan fingerprint density at radius 2 is 2.43 bits per heavy atom. The maximum atomic E-state index is 5.91. The Morgan fingerprint density at radius 1 is 1.64 bits per heavy atom. The molecule has 14 heavy (non-hydrogen) atoms. The molecule has 1 aromatic rings. The predicted octanol–water partition coefficient (Wildman–Crippen LogP) is 0.599. The Balaban J connectivity index is 2.09. The van der Waals surface area contributed by atoms with Crippen LogP contribution in [-0.4, -0.2) is 23.0 Å².